The molecule has 0 spiro atoms. The van der Waals surface area contributed by atoms with Crippen molar-refractivity contribution in [3.63, 3.8) is 0 Å². The Hall–Kier alpha value is -1.76. The highest BCUT2D eigenvalue weighted by Crippen LogP contribution is 2.20. The lowest BCUT2D eigenvalue weighted by atomic mass is 10.5. The van der Waals surface area contributed by atoms with E-state index in [1.165, 1.54) is 11.3 Å². The molecule has 1 N–H and O–H groups in total. The lowest BCUT2D eigenvalue weighted by Crippen LogP contribution is -2.47. The van der Waals surface area contributed by atoms with Crippen LogP contribution in [0.4, 0.5) is 14.6 Å². The molecule has 0 saturated carbocycles. The molecule has 19 heavy (non-hydrogen) atoms. The lowest BCUT2D eigenvalue weighted by Gasteiger charge is -2.22. The zero-order valence-electron chi connectivity index (χ0n) is 11.4. The van der Waals surface area contributed by atoms with E-state index in [2.05, 4.69) is 5.43 Å². The second-order valence-electron chi connectivity index (χ2n) is 4.29. The molecular weight excluding hydrogens is 268 g/mol. The van der Waals surface area contributed by atoms with Crippen molar-refractivity contribution in [1.29, 1.82) is 0 Å². The van der Waals surface area contributed by atoms with Crippen LogP contribution < -0.4 is 10.4 Å². The summed E-state index contributed by atoms with van der Waals surface area (Å²) in [6.45, 7) is 6.91. The molecule has 6 nitrogen and oxygen atoms in total. The summed E-state index contributed by atoms with van der Waals surface area (Å²) in [5.74, 6) is 0. The topological polar surface area (TPSA) is 67.9 Å². The summed E-state index contributed by atoms with van der Waals surface area (Å²) >= 11 is 1.30. The number of amides is 2. The van der Waals surface area contributed by atoms with E-state index >= 15 is 0 Å². The summed E-state index contributed by atoms with van der Waals surface area (Å²) in [6.07, 6.45) is -1.91. The largest absolute Gasteiger partial charge is 0.446 e. The van der Waals surface area contributed by atoms with Crippen LogP contribution in [0.25, 0.3) is 0 Å². The number of anilines is 1. The van der Waals surface area contributed by atoms with E-state index in [4.69, 9.17) is 9.47 Å². The molecule has 1 heterocycles. The molecule has 0 aliphatic rings. The average molecular weight is 286 g/mol. The molecule has 0 aliphatic heterocycles. The first-order valence-corrected chi connectivity index (χ1v) is 6.79. The number of carbonyl (C=O) groups excluding carboxylic acids is 2. The molecule has 0 atom stereocenters. The lowest BCUT2D eigenvalue weighted by molar-refractivity contribution is 0.103. The second-order valence-corrected chi connectivity index (χ2v) is 5.21. The van der Waals surface area contributed by atoms with E-state index in [0.29, 0.717) is 5.00 Å². The molecule has 0 saturated heterocycles. The van der Waals surface area contributed by atoms with Gasteiger partial charge in [-0.15, -0.1) is 11.3 Å². The van der Waals surface area contributed by atoms with Crippen molar-refractivity contribution >= 4 is 28.5 Å². The first kappa shape index (κ1) is 15.3. The number of ether oxygens (including phenoxy) is 2. The summed E-state index contributed by atoms with van der Waals surface area (Å²) in [4.78, 5) is 23.5. The van der Waals surface area contributed by atoms with E-state index in [1.54, 1.807) is 45.2 Å². The molecule has 7 heteroatoms. The number of thiophene rings is 1. The van der Waals surface area contributed by atoms with Gasteiger partial charge in [-0.25, -0.2) is 15.0 Å². The number of hydrogen-bond donors (Lipinski definition) is 1. The summed E-state index contributed by atoms with van der Waals surface area (Å²) in [5.41, 5.74) is 2.36. The first-order chi connectivity index (χ1) is 8.90. The Kier molecular flexibility index (Phi) is 5.62. The van der Waals surface area contributed by atoms with Gasteiger partial charge in [-0.2, -0.15) is 5.01 Å². The highest BCUT2D eigenvalue weighted by Gasteiger charge is 2.22. The Labute approximate surface area is 116 Å². The van der Waals surface area contributed by atoms with Crippen molar-refractivity contribution in [3.05, 3.63) is 17.5 Å². The molecule has 0 aliphatic carbocycles. The van der Waals surface area contributed by atoms with E-state index in [1.807, 2.05) is 0 Å². The standard InChI is InChI=1S/C12H18N2O4S/c1-8(2)17-11(15)13-14(10-6-5-7-19-10)12(16)18-9(3)4/h5-9H,1-4H3,(H,13,15). The van der Waals surface area contributed by atoms with Crippen LogP contribution in [0.5, 0.6) is 0 Å². The molecular formula is C12H18N2O4S. The Balaban J connectivity index is 2.76. The molecule has 0 radical (unpaired) electrons. The molecule has 0 fully saturated rings. The molecule has 106 valence electrons. The molecule has 1 aromatic heterocycles. The Morgan fingerprint density at radius 3 is 2.32 bits per heavy atom. The summed E-state index contributed by atoms with van der Waals surface area (Å²) < 4.78 is 10.0. The van der Waals surface area contributed by atoms with Crippen molar-refractivity contribution in [1.82, 2.24) is 5.43 Å². The van der Waals surface area contributed by atoms with Crippen LogP contribution in [0.15, 0.2) is 17.5 Å². The monoisotopic (exact) mass is 286 g/mol. The van der Waals surface area contributed by atoms with Gasteiger partial charge in [-0.1, -0.05) is 0 Å². The van der Waals surface area contributed by atoms with Gasteiger partial charge in [-0.3, -0.25) is 0 Å². The fourth-order valence-corrected chi connectivity index (χ4v) is 1.85. The minimum absolute atomic E-state index is 0.272. The van der Waals surface area contributed by atoms with Crippen molar-refractivity contribution in [3.8, 4) is 0 Å². The average Bonchev–Trinajstić information content (AvgIpc) is 2.76. The van der Waals surface area contributed by atoms with Crippen LogP contribution in [0.2, 0.25) is 0 Å². The zero-order chi connectivity index (χ0) is 14.4. The molecule has 0 unspecified atom stereocenters. The number of hydrogen-bond acceptors (Lipinski definition) is 5. The number of rotatable bonds is 3. The van der Waals surface area contributed by atoms with Crippen LogP contribution in [-0.4, -0.2) is 24.4 Å². The van der Waals surface area contributed by atoms with Gasteiger partial charge in [0, 0.05) is 0 Å². The predicted octanol–water partition coefficient (Wildman–Crippen LogP) is 3.15. The summed E-state index contributed by atoms with van der Waals surface area (Å²) in [6, 6.07) is 3.47. The normalized spacial score (nSPS) is 10.4. The quantitative estimate of drug-likeness (QED) is 0.867. The number of carbonyl (C=O) groups is 2. The van der Waals surface area contributed by atoms with Gasteiger partial charge < -0.3 is 9.47 Å². The second kappa shape index (κ2) is 6.98. The summed E-state index contributed by atoms with van der Waals surface area (Å²) in [5, 5.41) is 3.38. The Bertz CT molecular complexity index is 417. The van der Waals surface area contributed by atoms with Gasteiger partial charge in [-0.05, 0) is 45.2 Å². The van der Waals surface area contributed by atoms with E-state index in [9.17, 15) is 9.59 Å². The van der Waals surface area contributed by atoms with Crippen LogP contribution in [0, 0.1) is 0 Å². The van der Waals surface area contributed by atoms with Gasteiger partial charge in [0.05, 0.1) is 12.2 Å². The Morgan fingerprint density at radius 2 is 1.84 bits per heavy atom. The first-order valence-electron chi connectivity index (χ1n) is 5.91. The predicted molar refractivity (Wildman–Crippen MR) is 73.2 cm³/mol. The van der Waals surface area contributed by atoms with E-state index in [0.717, 1.165) is 5.01 Å². The SMILES string of the molecule is CC(C)OC(=O)NN(C(=O)OC(C)C)c1cccs1. The van der Waals surface area contributed by atoms with Crippen LogP contribution >= 0.6 is 11.3 Å². The van der Waals surface area contributed by atoms with Crippen LogP contribution in [0.3, 0.4) is 0 Å². The van der Waals surface area contributed by atoms with Gasteiger partial charge in [0.25, 0.3) is 0 Å². The molecule has 1 rings (SSSR count). The van der Waals surface area contributed by atoms with Gasteiger partial charge >= 0.3 is 12.2 Å². The van der Waals surface area contributed by atoms with Crippen molar-refractivity contribution < 1.29 is 19.1 Å². The maximum Gasteiger partial charge on any atom is 0.434 e. The van der Waals surface area contributed by atoms with E-state index < -0.39 is 12.2 Å². The van der Waals surface area contributed by atoms with Gasteiger partial charge in [0.2, 0.25) is 0 Å². The fourth-order valence-electron chi connectivity index (χ4n) is 1.17. The van der Waals surface area contributed by atoms with E-state index in [-0.39, 0.29) is 12.2 Å². The number of nitrogens with one attached hydrogen (secondary N) is 1. The smallest absolute Gasteiger partial charge is 0.434 e. The zero-order valence-corrected chi connectivity index (χ0v) is 12.2. The molecule has 0 bridgehead atoms. The Morgan fingerprint density at radius 1 is 1.21 bits per heavy atom. The summed E-state index contributed by atoms with van der Waals surface area (Å²) in [7, 11) is 0. The molecule has 0 aromatic carbocycles. The van der Waals surface area contributed by atoms with Gasteiger partial charge in [0.1, 0.15) is 5.00 Å². The molecule has 2 amide bonds. The third-order valence-corrected chi connectivity index (χ3v) is 2.64. The third kappa shape index (κ3) is 5.17. The van der Waals surface area contributed by atoms with Crippen LogP contribution in [-0.2, 0) is 9.47 Å². The minimum Gasteiger partial charge on any atom is -0.446 e. The third-order valence-electron chi connectivity index (χ3n) is 1.79. The van der Waals surface area contributed by atoms with Crippen molar-refractivity contribution in [2.75, 3.05) is 5.01 Å². The van der Waals surface area contributed by atoms with Gasteiger partial charge in [0.15, 0.2) is 0 Å². The maximum atomic E-state index is 11.9. The number of hydrazine groups is 1. The highest BCUT2D eigenvalue weighted by atomic mass is 32.1. The van der Waals surface area contributed by atoms with Crippen molar-refractivity contribution in [2.45, 2.75) is 39.9 Å². The van der Waals surface area contributed by atoms with Crippen LogP contribution in [0.1, 0.15) is 27.7 Å². The fraction of sp³-hybridized carbons (Fsp3) is 0.500. The van der Waals surface area contributed by atoms with Crippen molar-refractivity contribution in [2.24, 2.45) is 0 Å². The maximum absolute atomic E-state index is 11.9. The number of nitrogens with zero attached hydrogens (tertiary/aromatic N) is 1. The highest BCUT2D eigenvalue weighted by molar-refractivity contribution is 7.14. The molecule has 1 aromatic rings. The minimum atomic E-state index is -0.705.